The van der Waals surface area contributed by atoms with Gasteiger partial charge in [0.25, 0.3) is 5.91 Å². The normalized spacial score (nSPS) is 10.2. The molecule has 1 heterocycles. The minimum Gasteiger partial charge on any atom is -0.497 e. The van der Waals surface area contributed by atoms with E-state index in [2.05, 4.69) is 10.3 Å². The highest BCUT2D eigenvalue weighted by Gasteiger charge is 2.11. The van der Waals surface area contributed by atoms with E-state index in [-0.39, 0.29) is 17.3 Å². The first-order chi connectivity index (χ1) is 9.10. The third kappa shape index (κ3) is 3.14. The lowest BCUT2D eigenvalue weighted by atomic mass is 10.1. The second kappa shape index (κ2) is 5.57. The predicted octanol–water partition coefficient (Wildman–Crippen LogP) is 0.957. The van der Waals surface area contributed by atoms with E-state index in [1.807, 2.05) is 0 Å². The van der Waals surface area contributed by atoms with Crippen molar-refractivity contribution in [2.45, 2.75) is 6.54 Å². The van der Waals surface area contributed by atoms with Crippen LogP contribution < -0.4 is 20.7 Å². The summed E-state index contributed by atoms with van der Waals surface area (Å²) in [6, 6.07) is 4.86. The number of hydrogen-bond acceptors (Lipinski definition) is 5. The zero-order valence-corrected chi connectivity index (χ0v) is 11.0. The predicted molar refractivity (Wildman–Crippen MR) is 73.5 cm³/mol. The molecule has 1 aromatic heterocycles. The van der Waals surface area contributed by atoms with Crippen LogP contribution in [-0.4, -0.2) is 18.0 Å². The van der Waals surface area contributed by atoms with E-state index in [4.69, 9.17) is 10.5 Å². The molecule has 0 saturated carbocycles. The Hall–Kier alpha value is -2.28. The first kappa shape index (κ1) is 13.2. The summed E-state index contributed by atoms with van der Waals surface area (Å²) < 4.78 is 5.04. The maximum atomic E-state index is 12.0. The lowest BCUT2D eigenvalue weighted by Gasteiger charge is -2.08. The van der Waals surface area contributed by atoms with Crippen molar-refractivity contribution in [2.75, 3.05) is 12.8 Å². The van der Waals surface area contributed by atoms with Crippen LogP contribution in [-0.2, 0) is 6.54 Å². The van der Waals surface area contributed by atoms with Crippen molar-refractivity contribution in [3.05, 3.63) is 44.5 Å². The number of aromatic nitrogens is 1. The summed E-state index contributed by atoms with van der Waals surface area (Å²) in [5.74, 6) is 0.242. The number of amides is 1. The molecule has 0 fully saturated rings. The van der Waals surface area contributed by atoms with Crippen LogP contribution in [0.3, 0.4) is 0 Å². The Morgan fingerprint density at radius 2 is 2.32 bits per heavy atom. The molecule has 0 aliphatic heterocycles. The van der Waals surface area contributed by atoms with Gasteiger partial charge in [-0.2, -0.15) is 0 Å². The van der Waals surface area contributed by atoms with Gasteiger partial charge in [0.1, 0.15) is 5.75 Å². The quantitative estimate of drug-likeness (QED) is 0.726. The Morgan fingerprint density at radius 3 is 2.95 bits per heavy atom. The Labute approximate surface area is 113 Å². The van der Waals surface area contributed by atoms with Crippen LogP contribution in [0.4, 0.5) is 5.69 Å². The average molecular weight is 279 g/mol. The lowest BCUT2D eigenvalue weighted by molar-refractivity contribution is 0.0951. The number of H-pyrrole nitrogens is 1. The fourth-order valence-corrected chi connectivity index (χ4v) is 2.11. The van der Waals surface area contributed by atoms with Crippen molar-refractivity contribution < 1.29 is 9.53 Å². The Balaban J connectivity index is 2.09. The topological polar surface area (TPSA) is 97.2 Å². The van der Waals surface area contributed by atoms with Gasteiger partial charge in [0.2, 0.25) is 0 Å². The minimum absolute atomic E-state index is 0.148. The van der Waals surface area contributed by atoms with Gasteiger partial charge in [-0.05, 0) is 18.2 Å². The third-order valence-electron chi connectivity index (χ3n) is 2.52. The van der Waals surface area contributed by atoms with Gasteiger partial charge >= 0.3 is 4.87 Å². The van der Waals surface area contributed by atoms with Crippen LogP contribution in [0.2, 0.25) is 0 Å². The van der Waals surface area contributed by atoms with Gasteiger partial charge in [-0.25, -0.2) is 0 Å². The molecule has 0 radical (unpaired) electrons. The van der Waals surface area contributed by atoms with Crippen molar-refractivity contribution in [1.29, 1.82) is 0 Å². The number of rotatable bonds is 4. The molecule has 7 heteroatoms. The summed E-state index contributed by atoms with van der Waals surface area (Å²) in [7, 11) is 1.52. The number of thiazole rings is 1. The van der Waals surface area contributed by atoms with Gasteiger partial charge in [0.05, 0.1) is 19.2 Å². The number of benzene rings is 1. The molecular formula is C12H13N3O3S. The van der Waals surface area contributed by atoms with E-state index in [1.165, 1.54) is 7.11 Å². The molecule has 2 rings (SSSR count). The fraction of sp³-hybridized carbons (Fsp3) is 0.167. The van der Waals surface area contributed by atoms with Crippen LogP contribution in [0.15, 0.2) is 28.4 Å². The molecule has 19 heavy (non-hydrogen) atoms. The molecule has 0 aliphatic rings. The molecule has 2 aromatic rings. The Morgan fingerprint density at radius 1 is 1.53 bits per heavy atom. The molecule has 0 bridgehead atoms. The summed E-state index contributed by atoms with van der Waals surface area (Å²) >= 11 is 1.05. The summed E-state index contributed by atoms with van der Waals surface area (Å²) in [5, 5.41) is 4.35. The van der Waals surface area contributed by atoms with Crippen molar-refractivity contribution in [1.82, 2.24) is 10.3 Å². The number of nitrogens with two attached hydrogens (primary N) is 1. The van der Waals surface area contributed by atoms with Crippen LogP contribution in [0.1, 0.15) is 16.1 Å². The van der Waals surface area contributed by atoms with E-state index >= 15 is 0 Å². The van der Waals surface area contributed by atoms with Gasteiger partial charge in [-0.1, -0.05) is 11.3 Å². The van der Waals surface area contributed by atoms with Crippen LogP contribution in [0.5, 0.6) is 5.75 Å². The molecule has 6 nitrogen and oxygen atoms in total. The molecule has 1 aromatic carbocycles. The number of nitrogen functional groups attached to an aromatic ring is 1. The molecule has 1 amide bonds. The largest absolute Gasteiger partial charge is 0.497 e. The number of aromatic amines is 1. The molecule has 0 saturated heterocycles. The van der Waals surface area contributed by atoms with Crippen molar-refractivity contribution >= 4 is 22.9 Å². The molecule has 4 N–H and O–H groups in total. The number of hydrogen-bond donors (Lipinski definition) is 3. The Kier molecular flexibility index (Phi) is 3.86. The highest BCUT2D eigenvalue weighted by Crippen LogP contribution is 2.19. The molecule has 0 atom stereocenters. The van der Waals surface area contributed by atoms with E-state index in [1.54, 1.807) is 23.6 Å². The van der Waals surface area contributed by atoms with Gasteiger partial charge in [-0.3, -0.25) is 9.59 Å². The molecular weight excluding hydrogens is 266 g/mol. The second-order valence-electron chi connectivity index (χ2n) is 3.81. The Bertz CT molecular complexity index is 648. The SMILES string of the molecule is COc1ccc(N)c(C(=O)NCc2csc(=O)[nH]2)c1. The minimum atomic E-state index is -0.316. The number of carbonyl (C=O) groups is 1. The van der Waals surface area contributed by atoms with Crippen LogP contribution >= 0.6 is 11.3 Å². The zero-order valence-electron chi connectivity index (χ0n) is 10.2. The summed E-state index contributed by atoms with van der Waals surface area (Å²) in [6.45, 7) is 0.244. The van der Waals surface area contributed by atoms with Gasteiger partial charge in [0.15, 0.2) is 0 Å². The summed E-state index contributed by atoms with van der Waals surface area (Å²) in [5.41, 5.74) is 7.12. The van der Waals surface area contributed by atoms with Crippen LogP contribution in [0.25, 0.3) is 0 Å². The zero-order chi connectivity index (χ0) is 13.8. The standard InChI is InChI=1S/C12H13N3O3S/c1-18-8-2-3-10(13)9(4-8)11(16)14-5-7-6-19-12(17)15-7/h2-4,6H,5,13H2,1H3,(H,14,16)(H,15,17). The molecule has 0 unspecified atom stereocenters. The van der Waals surface area contributed by atoms with Gasteiger partial charge in [0, 0.05) is 16.8 Å². The van der Waals surface area contributed by atoms with Crippen LogP contribution in [0, 0.1) is 0 Å². The average Bonchev–Trinajstić information content (AvgIpc) is 2.82. The van der Waals surface area contributed by atoms with E-state index in [0.29, 0.717) is 22.7 Å². The molecule has 0 aliphatic carbocycles. The number of methoxy groups -OCH3 is 1. The number of ether oxygens (including phenoxy) is 1. The second-order valence-corrected chi connectivity index (χ2v) is 4.65. The maximum absolute atomic E-state index is 12.0. The van der Waals surface area contributed by atoms with Crippen molar-refractivity contribution in [2.24, 2.45) is 0 Å². The van der Waals surface area contributed by atoms with E-state index < -0.39 is 0 Å². The molecule has 100 valence electrons. The van der Waals surface area contributed by atoms with Gasteiger partial charge in [-0.15, -0.1) is 0 Å². The fourth-order valence-electron chi connectivity index (χ4n) is 1.53. The highest BCUT2D eigenvalue weighted by atomic mass is 32.1. The van der Waals surface area contributed by atoms with E-state index in [9.17, 15) is 9.59 Å². The summed E-state index contributed by atoms with van der Waals surface area (Å²) in [6.07, 6.45) is 0. The number of carbonyl (C=O) groups excluding carboxylic acids is 1. The monoisotopic (exact) mass is 279 g/mol. The van der Waals surface area contributed by atoms with Gasteiger partial charge < -0.3 is 20.8 Å². The molecule has 0 spiro atoms. The summed E-state index contributed by atoms with van der Waals surface area (Å²) in [4.78, 5) is 25.4. The van der Waals surface area contributed by atoms with E-state index in [0.717, 1.165) is 11.3 Å². The highest BCUT2D eigenvalue weighted by molar-refractivity contribution is 7.07. The maximum Gasteiger partial charge on any atom is 0.304 e. The van der Waals surface area contributed by atoms with Crippen molar-refractivity contribution in [3.8, 4) is 5.75 Å². The number of anilines is 1. The third-order valence-corrected chi connectivity index (χ3v) is 3.23. The number of nitrogens with one attached hydrogen (secondary N) is 2. The first-order valence-corrected chi connectivity index (χ1v) is 6.36. The first-order valence-electron chi connectivity index (χ1n) is 5.48. The van der Waals surface area contributed by atoms with Crippen molar-refractivity contribution in [3.63, 3.8) is 0 Å². The smallest absolute Gasteiger partial charge is 0.304 e. The lowest BCUT2D eigenvalue weighted by Crippen LogP contribution is -2.24.